The molecular weight excluding hydrogens is 152 g/mol. The van der Waals surface area contributed by atoms with Crippen LogP contribution in [-0.4, -0.2) is 11.6 Å². The summed E-state index contributed by atoms with van der Waals surface area (Å²) in [5.41, 5.74) is 0. The fourth-order valence-electron chi connectivity index (χ4n) is 0. The van der Waals surface area contributed by atoms with Crippen molar-refractivity contribution in [3.63, 3.8) is 0 Å². The van der Waals surface area contributed by atoms with E-state index in [2.05, 4.69) is 0 Å². The number of hydrogen-bond donors (Lipinski definition) is 0. The normalized spacial score (nSPS) is 4.00. The number of carbonyl (C=O) groups excluding carboxylic acids is 1. The average molecular weight is 153 g/mol. The fourth-order valence-corrected chi connectivity index (χ4v) is 0. The molecule has 0 aliphatic rings. The van der Waals surface area contributed by atoms with Crippen molar-refractivity contribution >= 4 is 6.47 Å². The SMILES string of the molecule is O=C[O-].O=[N+]([O-])[O-].[K+].[Li+]. The smallest absolute Gasteiger partial charge is 0.554 e. The van der Waals surface area contributed by atoms with Gasteiger partial charge in [0.1, 0.15) is 0 Å². The molecule has 0 bridgehead atoms. The molecule has 9 heavy (non-hydrogen) atoms. The summed E-state index contributed by atoms with van der Waals surface area (Å²) in [4.78, 5) is 16.5. The molecule has 0 fully saturated rings. The van der Waals surface area contributed by atoms with Crippen LogP contribution < -0.4 is 75.4 Å². The molecule has 0 aromatic heterocycles. The van der Waals surface area contributed by atoms with Crippen LogP contribution in [0.2, 0.25) is 0 Å². The van der Waals surface area contributed by atoms with Gasteiger partial charge in [0.2, 0.25) is 0 Å². The molecule has 0 unspecified atom stereocenters. The molecule has 0 heterocycles. The Bertz CT molecular complexity index is 64.0. The van der Waals surface area contributed by atoms with E-state index in [1.54, 1.807) is 0 Å². The van der Waals surface area contributed by atoms with E-state index in [0.717, 1.165) is 0 Å². The Balaban J connectivity index is -0.0000000233. The van der Waals surface area contributed by atoms with Crippen LogP contribution in [0.3, 0.4) is 0 Å². The summed E-state index contributed by atoms with van der Waals surface area (Å²) >= 11 is 0. The van der Waals surface area contributed by atoms with Gasteiger partial charge in [-0.1, -0.05) is 0 Å². The third kappa shape index (κ3) is 520. The molecule has 0 aliphatic carbocycles. The van der Waals surface area contributed by atoms with Crippen LogP contribution in [-0.2, 0) is 4.79 Å². The molecule has 0 saturated carbocycles. The van der Waals surface area contributed by atoms with Gasteiger partial charge in [-0.3, -0.25) is 0 Å². The second-order valence-corrected chi connectivity index (χ2v) is 0.320. The van der Waals surface area contributed by atoms with Crippen molar-refractivity contribution in [1.29, 1.82) is 0 Å². The minimum atomic E-state index is -1.75. The predicted molar refractivity (Wildman–Crippen MR) is 16.4 cm³/mol. The van der Waals surface area contributed by atoms with Crippen LogP contribution in [0.25, 0.3) is 0 Å². The molecule has 6 nitrogen and oxygen atoms in total. The first-order valence-corrected chi connectivity index (χ1v) is 1.02. The third-order valence-electron chi connectivity index (χ3n) is 0. The molecule has 0 spiro atoms. The van der Waals surface area contributed by atoms with Gasteiger partial charge >= 0.3 is 70.2 Å². The van der Waals surface area contributed by atoms with Gasteiger partial charge in [-0.15, -0.1) is 0 Å². The zero-order chi connectivity index (χ0) is 6.28. The van der Waals surface area contributed by atoms with E-state index in [9.17, 15) is 0 Å². The van der Waals surface area contributed by atoms with Gasteiger partial charge in [-0.25, -0.2) is 0 Å². The minimum Gasteiger partial charge on any atom is -0.554 e. The third-order valence-corrected chi connectivity index (χ3v) is 0. The van der Waals surface area contributed by atoms with Crippen molar-refractivity contribution in [1.82, 2.24) is 0 Å². The Kier molecular flexibility index (Phi) is 57.9. The van der Waals surface area contributed by atoms with Crippen molar-refractivity contribution in [2.24, 2.45) is 0 Å². The first-order valence-electron chi connectivity index (χ1n) is 1.02. The van der Waals surface area contributed by atoms with Gasteiger partial charge in [0.05, 0.1) is 5.09 Å². The van der Waals surface area contributed by atoms with Crippen molar-refractivity contribution in [3.8, 4) is 0 Å². The molecule has 0 rings (SSSR count). The maximum Gasteiger partial charge on any atom is 1.00 e. The summed E-state index contributed by atoms with van der Waals surface area (Å²) in [5.74, 6) is 0. The van der Waals surface area contributed by atoms with Crippen molar-refractivity contribution in [3.05, 3.63) is 15.3 Å². The summed E-state index contributed by atoms with van der Waals surface area (Å²) in [6, 6.07) is 0. The molecule has 0 saturated heterocycles. The molecule has 0 radical (unpaired) electrons. The molecule has 0 amide bonds. The maximum atomic E-state index is 8.25. The maximum absolute atomic E-state index is 8.25. The topological polar surface area (TPSA) is 106 Å². The molecule has 0 N–H and O–H groups in total. The van der Waals surface area contributed by atoms with Gasteiger partial charge in [-0.2, -0.15) is 0 Å². The van der Waals surface area contributed by atoms with Crippen LogP contribution in [0.1, 0.15) is 0 Å². The summed E-state index contributed by atoms with van der Waals surface area (Å²) < 4.78 is 0. The molecule has 42 valence electrons. The van der Waals surface area contributed by atoms with E-state index < -0.39 is 11.6 Å². The van der Waals surface area contributed by atoms with Gasteiger partial charge in [0.15, 0.2) is 0 Å². The fraction of sp³-hybridized carbons (Fsp3) is 0. The molecule has 0 aromatic rings. The Morgan fingerprint density at radius 3 is 1.33 bits per heavy atom. The molecule has 0 aromatic carbocycles. The van der Waals surface area contributed by atoms with E-state index in [1.165, 1.54) is 0 Å². The van der Waals surface area contributed by atoms with E-state index in [0.29, 0.717) is 0 Å². The van der Waals surface area contributed by atoms with E-state index in [4.69, 9.17) is 25.2 Å². The average Bonchev–Trinajstić information content (AvgIpc) is 1.33. The second kappa shape index (κ2) is 23.1. The number of carbonyl (C=O) groups is 1. The first kappa shape index (κ1) is 22.5. The number of nitrogens with zero attached hydrogens (tertiary/aromatic N) is 1. The Labute approximate surface area is 105 Å². The number of hydrogen-bond acceptors (Lipinski definition) is 5. The van der Waals surface area contributed by atoms with Gasteiger partial charge in [0, 0.05) is 6.47 Å². The molecule has 8 heteroatoms. The van der Waals surface area contributed by atoms with Gasteiger partial charge in [-0.05, 0) is 0 Å². The van der Waals surface area contributed by atoms with Crippen LogP contribution >= 0.6 is 0 Å². The predicted octanol–water partition coefficient (Wildman–Crippen LogP) is -7.86. The molecular formula is CHKLiNO5. The summed E-state index contributed by atoms with van der Waals surface area (Å²) in [5, 5.41) is 23.0. The van der Waals surface area contributed by atoms with E-state index in [1.807, 2.05) is 0 Å². The van der Waals surface area contributed by atoms with Crippen molar-refractivity contribution in [2.75, 3.05) is 0 Å². The standard InChI is InChI=1S/CH2O2.K.Li.NO3/c2-1-3;;;2-1(3)4/h1H,(H,2,3);;;/q;2*+1;-1/p-1. The van der Waals surface area contributed by atoms with Crippen LogP contribution in [0, 0.1) is 15.3 Å². The zero-order valence-corrected chi connectivity index (χ0v) is 8.19. The van der Waals surface area contributed by atoms with Gasteiger partial charge in [0.25, 0.3) is 0 Å². The molecule has 0 aliphatic heterocycles. The zero-order valence-electron chi connectivity index (χ0n) is 5.07. The second-order valence-electron chi connectivity index (χ2n) is 0.320. The molecule has 0 atom stereocenters. The quantitative estimate of drug-likeness (QED) is 0.149. The monoisotopic (exact) mass is 153 g/mol. The number of rotatable bonds is 0. The summed E-state index contributed by atoms with van der Waals surface area (Å²) in [6.07, 6.45) is 0. The van der Waals surface area contributed by atoms with E-state index in [-0.39, 0.29) is 70.2 Å². The Morgan fingerprint density at radius 1 is 1.33 bits per heavy atom. The van der Waals surface area contributed by atoms with E-state index >= 15 is 0 Å². The summed E-state index contributed by atoms with van der Waals surface area (Å²) in [7, 11) is 0. The first-order chi connectivity index (χ1) is 3.15. The Hall–Kier alpha value is 0.904. The van der Waals surface area contributed by atoms with Crippen molar-refractivity contribution < 1.29 is 85.2 Å². The number of carboxylic acid groups (broad SMARTS) is 1. The van der Waals surface area contributed by atoms with Crippen LogP contribution in [0.4, 0.5) is 0 Å². The van der Waals surface area contributed by atoms with Crippen LogP contribution in [0.15, 0.2) is 0 Å². The minimum absolute atomic E-state index is 0. The summed E-state index contributed by atoms with van der Waals surface area (Å²) in [6.45, 7) is -0.500. The van der Waals surface area contributed by atoms with Gasteiger partial charge < -0.3 is 25.2 Å². The largest absolute Gasteiger partial charge is 1.00 e. The van der Waals surface area contributed by atoms with Crippen molar-refractivity contribution in [2.45, 2.75) is 0 Å². The van der Waals surface area contributed by atoms with Crippen LogP contribution in [0.5, 0.6) is 0 Å². The Morgan fingerprint density at radius 2 is 1.33 bits per heavy atom.